The number of anilines is 1. The Balaban J connectivity index is 2.06. The first-order valence-electron chi connectivity index (χ1n) is 5.05. The number of benzene rings is 1. The zero-order valence-electron chi connectivity index (χ0n) is 9.25. The molecule has 1 N–H and O–H groups in total. The lowest BCUT2D eigenvalue weighted by atomic mass is 10.3. The number of amides is 1. The molecule has 0 bridgehead atoms. The van der Waals surface area contributed by atoms with Crippen LogP contribution >= 0.6 is 11.8 Å². The van der Waals surface area contributed by atoms with Crippen molar-refractivity contribution in [3.8, 4) is 0 Å². The molecule has 0 spiro atoms. The zero-order chi connectivity index (χ0) is 12.1. The van der Waals surface area contributed by atoms with Gasteiger partial charge >= 0.3 is 0 Å². The van der Waals surface area contributed by atoms with Crippen LogP contribution in [0.5, 0.6) is 0 Å². The fourth-order valence-corrected chi connectivity index (χ4v) is 2.01. The van der Waals surface area contributed by atoms with Crippen molar-refractivity contribution < 1.29 is 4.79 Å². The number of nitrogens with zero attached hydrogens (tertiary/aromatic N) is 2. The van der Waals surface area contributed by atoms with Crippen molar-refractivity contribution in [3.05, 3.63) is 42.9 Å². The highest BCUT2D eigenvalue weighted by Crippen LogP contribution is 2.26. The molecule has 0 saturated carbocycles. The third-order valence-electron chi connectivity index (χ3n) is 1.94. The molecule has 86 valence electrons. The Bertz CT molecular complexity index is 499. The average Bonchev–Trinajstić information content (AvgIpc) is 2.32. The Morgan fingerprint density at radius 2 is 2.00 bits per heavy atom. The summed E-state index contributed by atoms with van der Waals surface area (Å²) in [4.78, 5) is 20.1. The van der Waals surface area contributed by atoms with Crippen LogP contribution in [0.15, 0.2) is 52.8 Å². The van der Waals surface area contributed by atoms with Crippen LogP contribution in [0, 0.1) is 0 Å². The number of rotatable bonds is 3. The molecule has 1 amide bonds. The molecule has 2 aromatic rings. The van der Waals surface area contributed by atoms with Crippen LogP contribution in [-0.2, 0) is 4.79 Å². The number of nitrogens with one attached hydrogen (secondary N) is 1. The van der Waals surface area contributed by atoms with Crippen molar-refractivity contribution in [2.45, 2.75) is 16.8 Å². The van der Waals surface area contributed by atoms with Gasteiger partial charge in [-0.3, -0.25) is 9.78 Å². The monoisotopic (exact) mass is 245 g/mol. The maximum atomic E-state index is 10.9. The summed E-state index contributed by atoms with van der Waals surface area (Å²) >= 11 is 1.53. The van der Waals surface area contributed by atoms with Crippen LogP contribution in [0.3, 0.4) is 0 Å². The number of carbonyl (C=O) groups is 1. The van der Waals surface area contributed by atoms with Crippen molar-refractivity contribution >= 4 is 23.4 Å². The van der Waals surface area contributed by atoms with Gasteiger partial charge in [0, 0.05) is 29.9 Å². The first kappa shape index (κ1) is 11.6. The minimum atomic E-state index is -0.0701. The van der Waals surface area contributed by atoms with Gasteiger partial charge in [0.25, 0.3) is 0 Å². The second-order valence-electron chi connectivity index (χ2n) is 3.35. The SMILES string of the molecule is CC(=O)Nc1ccc(Sc2cnccn2)cc1. The second kappa shape index (κ2) is 5.45. The molecule has 1 heterocycles. The summed E-state index contributed by atoms with van der Waals surface area (Å²) in [5.74, 6) is -0.0701. The van der Waals surface area contributed by atoms with Crippen LogP contribution in [0.25, 0.3) is 0 Å². The van der Waals surface area contributed by atoms with E-state index in [1.807, 2.05) is 24.3 Å². The molecule has 1 aromatic carbocycles. The largest absolute Gasteiger partial charge is 0.326 e. The molecular formula is C12H11N3OS. The van der Waals surface area contributed by atoms with Crippen molar-refractivity contribution in [2.24, 2.45) is 0 Å². The molecule has 2 rings (SSSR count). The molecule has 0 fully saturated rings. The third kappa shape index (κ3) is 3.57. The van der Waals surface area contributed by atoms with Crippen molar-refractivity contribution in [1.29, 1.82) is 0 Å². The van der Waals surface area contributed by atoms with Crippen molar-refractivity contribution in [1.82, 2.24) is 9.97 Å². The van der Waals surface area contributed by atoms with E-state index in [0.717, 1.165) is 15.6 Å². The Morgan fingerprint density at radius 1 is 1.24 bits per heavy atom. The molecular weight excluding hydrogens is 234 g/mol. The second-order valence-corrected chi connectivity index (χ2v) is 4.45. The molecule has 0 radical (unpaired) electrons. The van der Waals surface area contributed by atoms with E-state index in [1.165, 1.54) is 18.7 Å². The Morgan fingerprint density at radius 3 is 2.59 bits per heavy atom. The Kier molecular flexibility index (Phi) is 3.72. The Labute approximate surface area is 103 Å². The van der Waals surface area contributed by atoms with Crippen LogP contribution in [0.1, 0.15) is 6.92 Å². The van der Waals surface area contributed by atoms with Gasteiger partial charge < -0.3 is 5.32 Å². The summed E-state index contributed by atoms with van der Waals surface area (Å²) in [6, 6.07) is 7.59. The molecule has 5 heteroatoms. The molecule has 4 nitrogen and oxygen atoms in total. The Hall–Kier alpha value is -1.88. The highest BCUT2D eigenvalue weighted by atomic mass is 32.2. The smallest absolute Gasteiger partial charge is 0.221 e. The minimum absolute atomic E-state index is 0.0701. The molecule has 0 unspecified atom stereocenters. The summed E-state index contributed by atoms with van der Waals surface area (Å²) in [7, 11) is 0. The summed E-state index contributed by atoms with van der Waals surface area (Å²) in [6.45, 7) is 1.49. The van der Waals surface area contributed by atoms with E-state index in [9.17, 15) is 4.79 Å². The van der Waals surface area contributed by atoms with Crippen LogP contribution in [0.4, 0.5) is 5.69 Å². The van der Waals surface area contributed by atoms with Crippen LogP contribution < -0.4 is 5.32 Å². The standard InChI is InChI=1S/C12H11N3OS/c1-9(16)15-10-2-4-11(5-3-10)17-12-8-13-6-7-14-12/h2-8H,1H3,(H,15,16). The average molecular weight is 245 g/mol. The lowest BCUT2D eigenvalue weighted by Gasteiger charge is -2.03. The predicted octanol–water partition coefficient (Wildman–Crippen LogP) is 2.59. The zero-order valence-corrected chi connectivity index (χ0v) is 10.1. The normalized spacial score (nSPS) is 9.94. The van der Waals surface area contributed by atoms with E-state index >= 15 is 0 Å². The van der Waals surface area contributed by atoms with Gasteiger partial charge in [0.15, 0.2) is 0 Å². The maximum absolute atomic E-state index is 10.9. The molecule has 17 heavy (non-hydrogen) atoms. The van der Waals surface area contributed by atoms with Gasteiger partial charge in [-0.15, -0.1) is 0 Å². The van der Waals surface area contributed by atoms with Gasteiger partial charge in [0.1, 0.15) is 5.03 Å². The number of hydrogen-bond donors (Lipinski definition) is 1. The number of aromatic nitrogens is 2. The quantitative estimate of drug-likeness (QED) is 0.903. The van der Waals surface area contributed by atoms with Crippen LogP contribution in [-0.4, -0.2) is 15.9 Å². The van der Waals surface area contributed by atoms with Gasteiger partial charge in [0.05, 0.1) is 6.20 Å². The summed E-state index contributed by atoms with van der Waals surface area (Å²) in [5, 5.41) is 3.57. The summed E-state index contributed by atoms with van der Waals surface area (Å²) in [5.41, 5.74) is 0.793. The molecule has 0 aliphatic rings. The topological polar surface area (TPSA) is 54.9 Å². The summed E-state index contributed by atoms with van der Waals surface area (Å²) < 4.78 is 0. The highest BCUT2D eigenvalue weighted by molar-refractivity contribution is 7.99. The van der Waals surface area contributed by atoms with Gasteiger partial charge in [-0.1, -0.05) is 11.8 Å². The van der Waals surface area contributed by atoms with Gasteiger partial charge in [-0.2, -0.15) is 0 Å². The fraction of sp³-hybridized carbons (Fsp3) is 0.0833. The maximum Gasteiger partial charge on any atom is 0.221 e. The highest BCUT2D eigenvalue weighted by Gasteiger charge is 1.99. The molecule has 1 aromatic heterocycles. The molecule has 0 aliphatic heterocycles. The predicted molar refractivity (Wildman–Crippen MR) is 66.9 cm³/mol. The fourth-order valence-electron chi connectivity index (χ4n) is 1.27. The lowest BCUT2D eigenvalue weighted by Crippen LogP contribution is -2.05. The van der Waals surface area contributed by atoms with E-state index in [1.54, 1.807) is 18.6 Å². The van der Waals surface area contributed by atoms with E-state index < -0.39 is 0 Å². The van der Waals surface area contributed by atoms with Crippen molar-refractivity contribution in [2.75, 3.05) is 5.32 Å². The molecule has 0 saturated heterocycles. The van der Waals surface area contributed by atoms with Gasteiger partial charge in [-0.05, 0) is 24.3 Å². The number of hydrogen-bond acceptors (Lipinski definition) is 4. The molecule has 0 aliphatic carbocycles. The minimum Gasteiger partial charge on any atom is -0.326 e. The van der Waals surface area contributed by atoms with Gasteiger partial charge in [0.2, 0.25) is 5.91 Å². The first-order valence-corrected chi connectivity index (χ1v) is 5.87. The third-order valence-corrected chi connectivity index (χ3v) is 2.86. The lowest BCUT2D eigenvalue weighted by molar-refractivity contribution is -0.114. The van der Waals surface area contributed by atoms with Crippen molar-refractivity contribution in [3.63, 3.8) is 0 Å². The first-order chi connectivity index (χ1) is 8.24. The van der Waals surface area contributed by atoms with Gasteiger partial charge in [-0.25, -0.2) is 4.98 Å². The van der Waals surface area contributed by atoms with Crippen LogP contribution in [0.2, 0.25) is 0 Å². The van der Waals surface area contributed by atoms with E-state index in [0.29, 0.717) is 0 Å². The molecule has 0 atom stereocenters. The van der Waals surface area contributed by atoms with E-state index in [-0.39, 0.29) is 5.91 Å². The number of carbonyl (C=O) groups excluding carboxylic acids is 1. The van der Waals surface area contributed by atoms with E-state index in [4.69, 9.17) is 0 Å². The van der Waals surface area contributed by atoms with E-state index in [2.05, 4.69) is 15.3 Å². The summed E-state index contributed by atoms with van der Waals surface area (Å²) in [6.07, 6.45) is 5.02.